The molecule has 5 heteroatoms. The van der Waals surface area contributed by atoms with E-state index in [-0.39, 0.29) is 17.8 Å². The van der Waals surface area contributed by atoms with Crippen LogP contribution in [0.25, 0.3) is 0 Å². The first kappa shape index (κ1) is 12.4. The van der Waals surface area contributed by atoms with E-state index in [0.717, 1.165) is 45.1 Å². The van der Waals surface area contributed by atoms with Gasteiger partial charge < -0.3 is 14.6 Å². The molecule has 0 radical (unpaired) electrons. The second-order valence-corrected chi connectivity index (χ2v) is 7.29. The maximum Gasteiger partial charge on any atom is 0.196 e. The molecule has 0 amide bonds. The Bertz CT molecular complexity index is 428. The SMILES string of the molecule is O[C@]12C[C@@H]3CCC[C@H](O1)[C@@]31CCCNO[C@@H]3CC[C@@]12O3. The summed E-state index contributed by atoms with van der Waals surface area (Å²) >= 11 is 0. The number of hydrogen-bond donors (Lipinski definition) is 2. The third-order valence-corrected chi connectivity index (χ3v) is 6.71. The van der Waals surface area contributed by atoms with Gasteiger partial charge in [0.2, 0.25) is 0 Å². The van der Waals surface area contributed by atoms with Gasteiger partial charge in [0.15, 0.2) is 12.1 Å². The van der Waals surface area contributed by atoms with E-state index in [1.54, 1.807) is 0 Å². The van der Waals surface area contributed by atoms with Crippen molar-refractivity contribution in [3.63, 3.8) is 0 Å². The van der Waals surface area contributed by atoms with Crippen LogP contribution in [-0.2, 0) is 14.3 Å². The van der Waals surface area contributed by atoms with Crippen LogP contribution in [0.4, 0.5) is 0 Å². The Morgan fingerprint density at radius 3 is 2.90 bits per heavy atom. The third kappa shape index (κ3) is 1.16. The van der Waals surface area contributed by atoms with Crippen molar-refractivity contribution in [2.75, 3.05) is 6.54 Å². The zero-order chi connectivity index (χ0) is 13.4. The number of ether oxygens (including phenoxy) is 2. The predicted octanol–water partition coefficient (Wildman–Crippen LogP) is 1.45. The van der Waals surface area contributed by atoms with Crippen LogP contribution in [0.3, 0.4) is 0 Å². The van der Waals surface area contributed by atoms with Crippen molar-refractivity contribution in [1.29, 1.82) is 0 Å². The van der Waals surface area contributed by atoms with Gasteiger partial charge in [0.1, 0.15) is 5.60 Å². The third-order valence-electron chi connectivity index (χ3n) is 6.71. The van der Waals surface area contributed by atoms with E-state index < -0.39 is 11.4 Å². The number of hydrogen-bond acceptors (Lipinski definition) is 5. The van der Waals surface area contributed by atoms with Crippen LogP contribution in [0.15, 0.2) is 0 Å². The van der Waals surface area contributed by atoms with E-state index in [1.165, 1.54) is 12.8 Å². The zero-order valence-corrected chi connectivity index (χ0v) is 11.8. The molecular weight excluding hydrogens is 258 g/mol. The van der Waals surface area contributed by atoms with E-state index in [9.17, 15) is 5.11 Å². The highest BCUT2D eigenvalue weighted by Crippen LogP contribution is 2.74. The number of aliphatic hydroxyl groups is 1. The Morgan fingerprint density at radius 2 is 2.00 bits per heavy atom. The minimum absolute atomic E-state index is 0.0180. The molecule has 3 saturated heterocycles. The quantitative estimate of drug-likeness (QED) is 0.704. The fraction of sp³-hybridized carbons (Fsp3) is 1.00. The lowest BCUT2D eigenvalue weighted by molar-refractivity contribution is -0.293. The highest BCUT2D eigenvalue weighted by molar-refractivity contribution is 5.27. The largest absolute Gasteiger partial charge is 0.363 e. The lowest BCUT2D eigenvalue weighted by Crippen LogP contribution is -2.55. The first-order chi connectivity index (χ1) is 9.70. The number of hydroxylamine groups is 1. The molecule has 0 unspecified atom stereocenters. The van der Waals surface area contributed by atoms with E-state index >= 15 is 0 Å². The molecule has 2 N–H and O–H groups in total. The monoisotopic (exact) mass is 281 g/mol. The van der Waals surface area contributed by atoms with Crippen LogP contribution in [0.5, 0.6) is 0 Å². The lowest BCUT2D eigenvalue weighted by atomic mass is 9.58. The van der Waals surface area contributed by atoms with Crippen LogP contribution < -0.4 is 5.48 Å². The molecule has 5 rings (SSSR count). The topological polar surface area (TPSA) is 60.0 Å². The Hall–Kier alpha value is -0.200. The second-order valence-electron chi connectivity index (χ2n) is 7.29. The normalized spacial score (nSPS) is 60.8. The smallest absolute Gasteiger partial charge is 0.196 e. The van der Waals surface area contributed by atoms with E-state index in [0.29, 0.717) is 5.92 Å². The van der Waals surface area contributed by atoms with Gasteiger partial charge in [0.05, 0.1) is 6.10 Å². The van der Waals surface area contributed by atoms with Crippen molar-refractivity contribution in [3.05, 3.63) is 0 Å². The molecule has 5 aliphatic rings. The summed E-state index contributed by atoms with van der Waals surface area (Å²) in [7, 11) is 0. The summed E-state index contributed by atoms with van der Waals surface area (Å²) in [6, 6.07) is 0. The molecule has 2 aliphatic carbocycles. The Balaban J connectivity index is 1.68. The van der Waals surface area contributed by atoms with Gasteiger partial charge in [-0.1, -0.05) is 6.42 Å². The molecule has 20 heavy (non-hydrogen) atoms. The van der Waals surface area contributed by atoms with Gasteiger partial charge in [-0.3, -0.25) is 4.84 Å². The van der Waals surface area contributed by atoms with Crippen molar-refractivity contribution < 1.29 is 19.4 Å². The summed E-state index contributed by atoms with van der Waals surface area (Å²) in [5.74, 6) is -0.526. The maximum atomic E-state index is 11.2. The summed E-state index contributed by atoms with van der Waals surface area (Å²) < 4.78 is 12.5. The molecule has 6 atom stereocenters. The number of rotatable bonds is 0. The lowest BCUT2D eigenvalue weighted by Gasteiger charge is -2.48. The number of nitrogens with one attached hydrogen (secondary N) is 1. The summed E-state index contributed by atoms with van der Waals surface area (Å²) in [5.41, 5.74) is 2.52. The first-order valence-electron chi connectivity index (χ1n) is 8.17. The molecule has 0 aromatic heterocycles. The van der Waals surface area contributed by atoms with Gasteiger partial charge in [0.25, 0.3) is 0 Å². The summed E-state index contributed by atoms with van der Waals surface area (Å²) in [5, 5.41) is 11.2. The fourth-order valence-corrected chi connectivity index (χ4v) is 6.15. The predicted molar refractivity (Wildman–Crippen MR) is 69.4 cm³/mol. The van der Waals surface area contributed by atoms with Crippen molar-refractivity contribution in [2.24, 2.45) is 11.3 Å². The minimum Gasteiger partial charge on any atom is -0.363 e. The Morgan fingerprint density at radius 1 is 1.05 bits per heavy atom. The van der Waals surface area contributed by atoms with Crippen LogP contribution in [-0.4, -0.2) is 35.4 Å². The van der Waals surface area contributed by atoms with Gasteiger partial charge in [-0.25, -0.2) is 0 Å². The van der Waals surface area contributed by atoms with Crippen molar-refractivity contribution in [3.8, 4) is 0 Å². The molecule has 112 valence electrons. The van der Waals surface area contributed by atoms with Crippen LogP contribution in [0.2, 0.25) is 0 Å². The highest BCUT2D eigenvalue weighted by Gasteiger charge is 2.82. The Kier molecular flexibility index (Phi) is 2.32. The Labute approximate surface area is 118 Å². The molecule has 0 aromatic rings. The summed E-state index contributed by atoms with van der Waals surface area (Å²) in [6.07, 6.45) is 8.05. The van der Waals surface area contributed by atoms with Gasteiger partial charge in [0, 0.05) is 24.8 Å². The maximum absolute atomic E-state index is 11.2. The van der Waals surface area contributed by atoms with Crippen molar-refractivity contribution >= 4 is 0 Å². The molecule has 3 heterocycles. The van der Waals surface area contributed by atoms with Crippen LogP contribution in [0.1, 0.15) is 51.4 Å². The van der Waals surface area contributed by atoms with Gasteiger partial charge in [-0.05, 0) is 38.0 Å². The van der Waals surface area contributed by atoms with Crippen molar-refractivity contribution in [1.82, 2.24) is 5.48 Å². The standard InChI is InChI=1S/C15H23NO4/c17-15-9-10-3-1-4-11(18-15)13(10)6-2-8-16-20-12-5-7-14(13,15)19-12/h10-12,16-17H,1-9H2/t10-,11-,12+,13+,14+,15+/m0/s1. The molecule has 2 spiro atoms. The van der Waals surface area contributed by atoms with Gasteiger partial charge in [-0.2, -0.15) is 5.48 Å². The zero-order valence-electron chi connectivity index (χ0n) is 11.8. The van der Waals surface area contributed by atoms with E-state index in [2.05, 4.69) is 5.48 Å². The molecular formula is C15H23NO4. The summed E-state index contributed by atoms with van der Waals surface area (Å²) in [6.45, 7) is 0.857. The van der Waals surface area contributed by atoms with E-state index in [4.69, 9.17) is 14.3 Å². The van der Waals surface area contributed by atoms with E-state index in [1.807, 2.05) is 0 Å². The highest BCUT2D eigenvalue weighted by atomic mass is 16.8. The summed E-state index contributed by atoms with van der Waals surface area (Å²) in [4.78, 5) is 5.61. The average Bonchev–Trinajstić information content (AvgIpc) is 3.00. The number of fused-ring (bicyclic) bond motifs is 1. The van der Waals surface area contributed by atoms with Gasteiger partial charge in [-0.15, -0.1) is 0 Å². The molecule has 4 bridgehead atoms. The second kappa shape index (κ2) is 3.76. The molecule has 5 nitrogen and oxygen atoms in total. The van der Waals surface area contributed by atoms with Gasteiger partial charge >= 0.3 is 0 Å². The van der Waals surface area contributed by atoms with Crippen LogP contribution in [0, 0.1) is 11.3 Å². The molecule has 0 aromatic carbocycles. The average molecular weight is 281 g/mol. The molecule has 3 aliphatic heterocycles. The van der Waals surface area contributed by atoms with Crippen molar-refractivity contribution in [2.45, 2.75) is 75.1 Å². The van der Waals surface area contributed by atoms with Crippen LogP contribution >= 0.6 is 0 Å². The fourth-order valence-electron chi connectivity index (χ4n) is 6.15. The minimum atomic E-state index is -1.08. The first-order valence-corrected chi connectivity index (χ1v) is 8.17. The molecule has 5 fully saturated rings. The molecule has 2 saturated carbocycles.